The molecule has 1 rings (SSSR count). The molecule has 1 aromatic carbocycles. The average Bonchev–Trinajstić information content (AvgIpc) is 2.29. The van der Waals surface area contributed by atoms with Crippen LogP contribution in [0.5, 0.6) is 0 Å². The van der Waals surface area contributed by atoms with Gasteiger partial charge in [0.1, 0.15) is 6.29 Å². The third-order valence-corrected chi connectivity index (χ3v) is 1.93. The fourth-order valence-electron chi connectivity index (χ4n) is 1.04. The Hall–Kier alpha value is -1.81. The fraction of sp³-hybridized carbons (Fsp3) is 0.214. The second-order valence-corrected chi connectivity index (χ2v) is 3.39. The van der Waals surface area contributed by atoms with Gasteiger partial charge < -0.3 is 4.79 Å². The Bertz CT molecular complexity index is 379. The quantitative estimate of drug-likeness (QED) is 0.539. The summed E-state index contributed by atoms with van der Waals surface area (Å²) in [5.41, 5.74) is 1.01. The molecule has 0 spiro atoms. The molecule has 0 bridgehead atoms. The van der Waals surface area contributed by atoms with Crippen molar-refractivity contribution >= 4 is 6.29 Å². The summed E-state index contributed by atoms with van der Waals surface area (Å²) in [5, 5.41) is 0. The van der Waals surface area contributed by atoms with Crippen LogP contribution < -0.4 is 0 Å². The molecule has 0 fully saturated rings. The van der Waals surface area contributed by atoms with Gasteiger partial charge in [0.05, 0.1) is 0 Å². The Morgan fingerprint density at radius 1 is 1.33 bits per heavy atom. The molecule has 1 nitrogen and oxygen atoms in total. The van der Waals surface area contributed by atoms with E-state index in [1.54, 1.807) is 6.08 Å². The Balaban J connectivity index is 2.43. The van der Waals surface area contributed by atoms with Crippen molar-refractivity contribution in [2.45, 2.75) is 13.3 Å². The molecule has 0 radical (unpaired) electrons. The van der Waals surface area contributed by atoms with E-state index in [0.29, 0.717) is 0 Å². The molecule has 0 aromatic heterocycles. The van der Waals surface area contributed by atoms with E-state index in [2.05, 4.69) is 11.8 Å². The molecular formula is C14H14O. The number of allylic oxidation sites excluding steroid dienone is 2. The van der Waals surface area contributed by atoms with Crippen molar-refractivity contribution in [2.24, 2.45) is 5.92 Å². The topological polar surface area (TPSA) is 17.1 Å². The number of aldehydes is 1. The van der Waals surface area contributed by atoms with Crippen LogP contribution in [0.3, 0.4) is 0 Å². The Morgan fingerprint density at radius 2 is 2.07 bits per heavy atom. The third-order valence-electron chi connectivity index (χ3n) is 1.93. The summed E-state index contributed by atoms with van der Waals surface area (Å²) in [6, 6.07) is 9.82. The Morgan fingerprint density at radius 3 is 2.73 bits per heavy atom. The van der Waals surface area contributed by atoms with Gasteiger partial charge in [-0.2, -0.15) is 0 Å². The van der Waals surface area contributed by atoms with E-state index in [4.69, 9.17) is 0 Å². The van der Waals surface area contributed by atoms with Gasteiger partial charge >= 0.3 is 0 Å². The van der Waals surface area contributed by atoms with Gasteiger partial charge in [-0.1, -0.05) is 43.0 Å². The normalized spacial score (nSPS) is 11.8. The zero-order valence-corrected chi connectivity index (χ0v) is 8.81. The molecule has 0 saturated carbocycles. The third kappa shape index (κ3) is 4.83. The molecule has 15 heavy (non-hydrogen) atoms. The predicted molar refractivity (Wildman–Crippen MR) is 62.3 cm³/mol. The summed E-state index contributed by atoms with van der Waals surface area (Å²) in [6.45, 7) is 1.89. The SMILES string of the molecule is CC(C=O)C/C=C/C#Cc1ccccc1. The Labute approximate surface area is 90.8 Å². The van der Waals surface area contributed by atoms with Gasteiger partial charge in [0.25, 0.3) is 0 Å². The molecule has 1 heteroatoms. The highest BCUT2D eigenvalue weighted by Gasteiger charge is 1.92. The Kier molecular flexibility index (Phi) is 4.97. The minimum absolute atomic E-state index is 0.0831. The van der Waals surface area contributed by atoms with E-state index in [1.165, 1.54) is 0 Å². The van der Waals surface area contributed by atoms with E-state index in [-0.39, 0.29) is 5.92 Å². The van der Waals surface area contributed by atoms with Crippen LogP contribution >= 0.6 is 0 Å². The van der Waals surface area contributed by atoms with Gasteiger partial charge in [0.15, 0.2) is 0 Å². The lowest BCUT2D eigenvalue weighted by Gasteiger charge is -1.92. The van der Waals surface area contributed by atoms with Crippen LogP contribution in [0.1, 0.15) is 18.9 Å². The summed E-state index contributed by atoms with van der Waals surface area (Å²) in [5.74, 6) is 6.03. The second kappa shape index (κ2) is 6.62. The molecule has 1 aromatic rings. The summed E-state index contributed by atoms with van der Waals surface area (Å²) in [4.78, 5) is 10.3. The summed E-state index contributed by atoms with van der Waals surface area (Å²) >= 11 is 0. The predicted octanol–water partition coefficient (Wildman–Crippen LogP) is 2.82. The van der Waals surface area contributed by atoms with Crippen LogP contribution in [0.25, 0.3) is 0 Å². The lowest BCUT2D eigenvalue weighted by atomic mass is 10.1. The van der Waals surface area contributed by atoms with Crippen LogP contribution in [0.15, 0.2) is 42.5 Å². The molecule has 0 aliphatic carbocycles. The standard InChI is InChI=1S/C14H14O/c1-13(12-15)8-4-2-5-9-14-10-6-3-7-11-14/h2-4,6-7,10-13H,8H2,1H3/b4-2+. The van der Waals surface area contributed by atoms with Crippen molar-refractivity contribution in [1.82, 2.24) is 0 Å². The zero-order chi connectivity index (χ0) is 10.9. The van der Waals surface area contributed by atoms with Crippen LogP contribution in [0.2, 0.25) is 0 Å². The molecule has 0 aliphatic heterocycles. The number of carbonyl (C=O) groups is 1. The van der Waals surface area contributed by atoms with E-state index >= 15 is 0 Å². The van der Waals surface area contributed by atoms with Gasteiger partial charge in [0.2, 0.25) is 0 Å². The van der Waals surface area contributed by atoms with Gasteiger partial charge in [-0.25, -0.2) is 0 Å². The van der Waals surface area contributed by atoms with Crippen molar-refractivity contribution in [3.8, 4) is 11.8 Å². The van der Waals surface area contributed by atoms with E-state index in [1.807, 2.05) is 43.3 Å². The van der Waals surface area contributed by atoms with Crippen LogP contribution in [-0.2, 0) is 4.79 Å². The fourth-order valence-corrected chi connectivity index (χ4v) is 1.04. The van der Waals surface area contributed by atoms with Gasteiger partial charge in [-0.15, -0.1) is 0 Å². The second-order valence-electron chi connectivity index (χ2n) is 3.39. The zero-order valence-electron chi connectivity index (χ0n) is 8.81. The molecule has 0 heterocycles. The van der Waals surface area contributed by atoms with Crippen molar-refractivity contribution in [1.29, 1.82) is 0 Å². The number of hydrogen-bond acceptors (Lipinski definition) is 1. The smallest absolute Gasteiger partial charge is 0.123 e. The molecule has 0 N–H and O–H groups in total. The van der Waals surface area contributed by atoms with Crippen LogP contribution in [-0.4, -0.2) is 6.29 Å². The summed E-state index contributed by atoms with van der Waals surface area (Å²) in [7, 11) is 0. The maximum absolute atomic E-state index is 10.3. The average molecular weight is 198 g/mol. The lowest BCUT2D eigenvalue weighted by molar-refractivity contribution is -0.110. The first-order chi connectivity index (χ1) is 7.33. The number of carbonyl (C=O) groups excluding carboxylic acids is 1. The molecule has 0 aliphatic rings. The molecule has 76 valence electrons. The van der Waals surface area contributed by atoms with E-state index < -0.39 is 0 Å². The van der Waals surface area contributed by atoms with Gasteiger partial charge in [-0.3, -0.25) is 0 Å². The minimum atomic E-state index is 0.0831. The molecular weight excluding hydrogens is 184 g/mol. The van der Waals surface area contributed by atoms with Crippen LogP contribution in [0.4, 0.5) is 0 Å². The minimum Gasteiger partial charge on any atom is -0.303 e. The summed E-state index contributed by atoms with van der Waals surface area (Å²) in [6.07, 6.45) is 5.43. The van der Waals surface area contributed by atoms with Crippen molar-refractivity contribution in [2.75, 3.05) is 0 Å². The highest BCUT2D eigenvalue weighted by atomic mass is 16.1. The molecule has 1 unspecified atom stereocenters. The number of rotatable bonds is 3. The van der Waals surface area contributed by atoms with Crippen LogP contribution in [0, 0.1) is 17.8 Å². The first-order valence-corrected chi connectivity index (χ1v) is 5.00. The van der Waals surface area contributed by atoms with Crippen molar-refractivity contribution < 1.29 is 4.79 Å². The largest absolute Gasteiger partial charge is 0.303 e. The first kappa shape index (κ1) is 11.3. The summed E-state index contributed by atoms with van der Waals surface area (Å²) < 4.78 is 0. The molecule has 0 saturated heterocycles. The number of hydrogen-bond donors (Lipinski definition) is 0. The van der Waals surface area contributed by atoms with E-state index in [9.17, 15) is 4.79 Å². The van der Waals surface area contributed by atoms with Gasteiger partial charge in [0, 0.05) is 11.5 Å². The molecule has 0 amide bonds. The first-order valence-electron chi connectivity index (χ1n) is 5.00. The van der Waals surface area contributed by atoms with E-state index in [0.717, 1.165) is 18.3 Å². The lowest BCUT2D eigenvalue weighted by Crippen LogP contribution is -1.91. The molecule has 1 atom stereocenters. The van der Waals surface area contributed by atoms with Gasteiger partial charge in [-0.05, 0) is 24.6 Å². The van der Waals surface area contributed by atoms with Crippen molar-refractivity contribution in [3.63, 3.8) is 0 Å². The number of benzene rings is 1. The maximum atomic E-state index is 10.3. The monoisotopic (exact) mass is 198 g/mol. The highest BCUT2D eigenvalue weighted by Crippen LogP contribution is 1.98. The maximum Gasteiger partial charge on any atom is 0.123 e. The van der Waals surface area contributed by atoms with Crippen molar-refractivity contribution in [3.05, 3.63) is 48.0 Å². The highest BCUT2D eigenvalue weighted by molar-refractivity contribution is 5.53.